The summed E-state index contributed by atoms with van der Waals surface area (Å²) < 4.78 is 28.2. The number of fused-ring (bicyclic) bond motifs is 1. The van der Waals surface area contributed by atoms with Gasteiger partial charge in [-0.1, -0.05) is 25.1 Å². The van der Waals surface area contributed by atoms with Crippen LogP contribution in [0, 0.1) is 0 Å². The highest BCUT2D eigenvalue weighted by Crippen LogP contribution is 2.38. The summed E-state index contributed by atoms with van der Waals surface area (Å²) in [6.45, 7) is 2.52. The monoisotopic (exact) mass is 277 g/mol. The maximum atomic E-state index is 12.6. The highest BCUT2D eigenvalue weighted by Gasteiger charge is 2.34. The molecule has 0 saturated heterocycles. The van der Waals surface area contributed by atoms with Crippen LogP contribution in [-0.2, 0) is 17.1 Å². The van der Waals surface area contributed by atoms with Crippen molar-refractivity contribution in [3.63, 3.8) is 0 Å². The van der Waals surface area contributed by atoms with Crippen molar-refractivity contribution in [3.05, 3.63) is 42.2 Å². The van der Waals surface area contributed by atoms with E-state index in [2.05, 4.69) is 5.10 Å². The summed E-state index contributed by atoms with van der Waals surface area (Å²) >= 11 is 0. The van der Waals surface area contributed by atoms with E-state index < -0.39 is 10.0 Å². The highest BCUT2D eigenvalue weighted by molar-refractivity contribution is 7.92. The van der Waals surface area contributed by atoms with Gasteiger partial charge in [-0.15, -0.1) is 0 Å². The van der Waals surface area contributed by atoms with Crippen molar-refractivity contribution in [2.45, 2.75) is 17.7 Å². The molecule has 0 radical (unpaired) electrons. The molecular formula is C13H15N3O2S. The Morgan fingerprint density at radius 3 is 2.74 bits per heavy atom. The summed E-state index contributed by atoms with van der Waals surface area (Å²) in [4.78, 5) is 0.235. The molecule has 3 rings (SSSR count). The third-order valence-electron chi connectivity index (χ3n) is 3.45. The van der Waals surface area contributed by atoms with E-state index in [0.29, 0.717) is 6.54 Å². The van der Waals surface area contributed by atoms with Crippen LogP contribution in [0.25, 0.3) is 0 Å². The number of aromatic nitrogens is 2. The highest BCUT2D eigenvalue weighted by atomic mass is 32.2. The van der Waals surface area contributed by atoms with Crippen LogP contribution in [0.5, 0.6) is 0 Å². The van der Waals surface area contributed by atoms with E-state index in [9.17, 15) is 8.42 Å². The molecule has 0 saturated carbocycles. The van der Waals surface area contributed by atoms with Crippen LogP contribution in [0.15, 0.2) is 41.6 Å². The van der Waals surface area contributed by atoms with E-state index in [1.165, 1.54) is 21.4 Å². The summed E-state index contributed by atoms with van der Waals surface area (Å²) in [5.41, 5.74) is 1.86. The molecule has 1 aromatic heterocycles. The van der Waals surface area contributed by atoms with Crippen LogP contribution in [-0.4, -0.2) is 24.7 Å². The van der Waals surface area contributed by atoms with Crippen LogP contribution in [0.4, 0.5) is 5.69 Å². The van der Waals surface area contributed by atoms with Gasteiger partial charge in [-0.25, -0.2) is 8.42 Å². The minimum Gasteiger partial charge on any atom is -0.274 e. The second-order valence-electron chi connectivity index (χ2n) is 4.85. The number of para-hydroxylation sites is 1. The van der Waals surface area contributed by atoms with Gasteiger partial charge in [-0.05, 0) is 11.6 Å². The predicted octanol–water partition coefficient (Wildman–Crippen LogP) is 1.73. The first-order valence-corrected chi connectivity index (χ1v) is 7.54. The van der Waals surface area contributed by atoms with E-state index in [-0.39, 0.29) is 10.8 Å². The Morgan fingerprint density at radius 2 is 2.05 bits per heavy atom. The van der Waals surface area contributed by atoms with Crippen molar-refractivity contribution in [1.29, 1.82) is 0 Å². The molecule has 0 amide bonds. The van der Waals surface area contributed by atoms with Crippen LogP contribution in [0.3, 0.4) is 0 Å². The van der Waals surface area contributed by atoms with Gasteiger partial charge in [0.1, 0.15) is 4.90 Å². The molecule has 0 aliphatic carbocycles. The van der Waals surface area contributed by atoms with E-state index in [1.54, 1.807) is 7.05 Å². The van der Waals surface area contributed by atoms with Gasteiger partial charge < -0.3 is 0 Å². The molecule has 5 nitrogen and oxygen atoms in total. The number of sulfonamides is 1. The Morgan fingerprint density at radius 1 is 1.32 bits per heavy atom. The molecule has 1 aromatic carbocycles. The van der Waals surface area contributed by atoms with E-state index in [1.807, 2.05) is 31.2 Å². The van der Waals surface area contributed by atoms with Crippen molar-refractivity contribution in [2.24, 2.45) is 7.05 Å². The summed E-state index contributed by atoms with van der Waals surface area (Å²) in [5.74, 6) is 0.211. The third kappa shape index (κ3) is 1.83. The van der Waals surface area contributed by atoms with Crippen molar-refractivity contribution in [3.8, 4) is 0 Å². The van der Waals surface area contributed by atoms with Crippen molar-refractivity contribution < 1.29 is 8.42 Å². The second kappa shape index (κ2) is 4.09. The van der Waals surface area contributed by atoms with Gasteiger partial charge in [0.25, 0.3) is 10.0 Å². The minimum atomic E-state index is -3.51. The maximum absolute atomic E-state index is 12.6. The zero-order valence-corrected chi connectivity index (χ0v) is 11.6. The van der Waals surface area contributed by atoms with E-state index in [4.69, 9.17) is 0 Å². The van der Waals surface area contributed by atoms with Gasteiger partial charge >= 0.3 is 0 Å². The molecule has 2 aromatic rings. The number of nitrogens with zero attached hydrogens (tertiary/aromatic N) is 3. The third-order valence-corrected chi connectivity index (χ3v) is 5.18. The normalized spacial score (nSPS) is 18.6. The van der Waals surface area contributed by atoms with Gasteiger partial charge in [0.15, 0.2) is 0 Å². The molecule has 2 heterocycles. The molecule has 1 unspecified atom stereocenters. The fraction of sp³-hybridized carbons (Fsp3) is 0.308. The SMILES string of the molecule is CC1CN(S(=O)(=O)c2cnn(C)c2)c2ccccc21. The summed E-state index contributed by atoms with van der Waals surface area (Å²) in [7, 11) is -1.81. The Bertz CT molecular complexity index is 721. The van der Waals surface area contributed by atoms with Gasteiger partial charge in [-0.3, -0.25) is 8.99 Å². The van der Waals surface area contributed by atoms with Crippen molar-refractivity contribution in [1.82, 2.24) is 9.78 Å². The number of hydrogen-bond donors (Lipinski definition) is 0. The molecule has 6 heteroatoms. The van der Waals surface area contributed by atoms with Gasteiger partial charge in [0.05, 0.1) is 11.9 Å². The topological polar surface area (TPSA) is 55.2 Å². The fourth-order valence-corrected chi connectivity index (χ4v) is 4.03. The average Bonchev–Trinajstić information content (AvgIpc) is 2.95. The number of hydrogen-bond acceptors (Lipinski definition) is 3. The Hall–Kier alpha value is -1.82. The fourth-order valence-electron chi connectivity index (χ4n) is 2.46. The van der Waals surface area contributed by atoms with Crippen molar-refractivity contribution >= 4 is 15.7 Å². The van der Waals surface area contributed by atoms with Gasteiger partial charge in [0, 0.05) is 25.7 Å². The number of benzene rings is 1. The maximum Gasteiger partial charge on any atom is 0.267 e. The molecule has 0 bridgehead atoms. The number of rotatable bonds is 2. The van der Waals surface area contributed by atoms with Gasteiger partial charge in [0.2, 0.25) is 0 Å². The lowest BCUT2D eigenvalue weighted by Crippen LogP contribution is -2.29. The zero-order valence-electron chi connectivity index (χ0n) is 10.8. The smallest absolute Gasteiger partial charge is 0.267 e. The molecule has 0 N–H and O–H groups in total. The standard InChI is InChI=1S/C13H15N3O2S/c1-10-8-16(13-6-4-3-5-12(10)13)19(17,18)11-7-14-15(2)9-11/h3-7,9-10H,8H2,1-2H3. The second-order valence-corrected chi connectivity index (χ2v) is 6.71. The molecule has 100 valence electrons. The minimum absolute atomic E-state index is 0.211. The summed E-state index contributed by atoms with van der Waals surface area (Å²) in [6.07, 6.45) is 2.92. The number of aryl methyl sites for hydroxylation is 1. The summed E-state index contributed by atoms with van der Waals surface area (Å²) in [5, 5.41) is 3.94. The van der Waals surface area contributed by atoms with Crippen LogP contribution in [0.1, 0.15) is 18.4 Å². The molecule has 0 fully saturated rings. The van der Waals surface area contributed by atoms with Gasteiger partial charge in [-0.2, -0.15) is 5.10 Å². The largest absolute Gasteiger partial charge is 0.274 e. The number of anilines is 1. The molecule has 19 heavy (non-hydrogen) atoms. The molecule has 1 aliphatic heterocycles. The molecule has 0 spiro atoms. The average molecular weight is 277 g/mol. The molecule has 1 atom stereocenters. The lowest BCUT2D eigenvalue weighted by atomic mass is 10.0. The first kappa shape index (κ1) is 12.2. The lowest BCUT2D eigenvalue weighted by molar-refractivity contribution is 0.590. The quantitative estimate of drug-likeness (QED) is 0.840. The van der Waals surface area contributed by atoms with Crippen molar-refractivity contribution in [2.75, 3.05) is 10.8 Å². The van der Waals surface area contributed by atoms with Crippen LogP contribution in [0.2, 0.25) is 0 Å². The Balaban J connectivity index is 2.09. The summed E-state index contributed by atoms with van der Waals surface area (Å²) in [6, 6.07) is 7.64. The molecular weight excluding hydrogens is 262 g/mol. The Kier molecular flexibility index (Phi) is 2.63. The van der Waals surface area contributed by atoms with E-state index in [0.717, 1.165) is 11.3 Å². The van der Waals surface area contributed by atoms with Crippen LogP contribution >= 0.6 is 0 Å². The Labute approximate surface area is 112 Å². The predicted molar refractivity (Wildman–Crippen MR) is 72.6 cm³/mol. The lowest BCUT2D eigenvalue weighted by Gasteiger charge is -2.18. The first-order chi connectivity index (χ1) is 9.00. The molecule has 1 aliphatic rings. The first-order valence-electron chi connectivity index (χ1n) is 6.10. The zero-order chi connectivity index (χ0) is 13.6. The van der Waals surface area contributed by atoms with E-state index >= 15 is 0 Å². The van der Waals surface area contributed by atoms with Crippen LogP contribution < -0.4 is 4.31 Å².